The largest absolute Gasteiger partial charge is 0.350 e. The number of anilines is 1. The van der Waals surface area contributed by atoms with Crippen LogP contribution in [0.1, 0.15) is 50.8 Å². The number of nitrogens with zero attached hydrogens (tertiary/aromatic N) is 2. The first-order chi connectivity index (χ1) is 18.3. The lowest BCUT2D eigenvalue weighted by atomic mass is 10.0. The third kappa shape index (κ3) is 7.93. The SMILES string of the molecule is CC[C@@H](C(=O)NC(C)(C)C)N(Cc1cccc(C)c1)C(=O)CN(c1ccc(C)cc1)S(=O)(=O)c1ccccc1. The predicted molar refractivity (Wildman–Crippen MR) is 156 cm³/mol. The fourth-order valence-electron chi connectivity index (χ4n) is 4.34. The number of sulfonamides is 1. The van der Waals surface area contributed by atoms with E-state index in [-0.39, 0.29) is 17.3 Å². The summed E-state index contributed by atoms with van der Waals surface area (Å²) in [5, 5.41) is 2.99. The van der Waals surface area contributed by atoms with E-state index in [4.69, 9.17) is 0 Å². The van der Waals surface area contributed by atoms with Crippen LogP contribution in [0.5, 0.6) is 0 Å². The maximum atomic E-state index is 14.1. The summed E-state index contributed by atoms with van der Waals surface area (Å²) in [4.78, 5) is 29.0. The van der Waals surface area contributed by atoms with E-state index >= 15 is 0 Å². The Morgan fingerprint density at radius 2 is 1.51 bits per heavy atom. The zero-order valence-corrected chi connectivity index (χ0v) is 24.5. The van der Waals surface area contributed by atoms with Gasteiger partial charge >= 0.3 is 0 Å². The van der Waals surface area contributed by atoms with Gasteiger partial charge in [-0.15, -0.1) is 0 Å². The Morgan fingerprint density at radius 1 is 0.872 bits per heavy atom. The average Bonchev–Trinajstić information content (AvgIpc) is 2.87. The van der Waals surface area contributed by atoms with Gasteiger partial charge in [0.15, 0.2) is 0 Å². The van der Waals surface area contributed by atoms with Crippen molar-refractivity contribution in [2.75, 3.05) is 10.8 Å². The molecule has 0 unspecified atom stereocenters. The van der Waals surface area contributed by atoms with E-state index < -0.39 is 34.1 Å². The molecule has 0 fully saturated rings. The monoisotopic (exact) mass is 549 g/mol. The van der Waals surface area contributed by atoms with Crippen LogP contribution in [0.15, 0.2) is 83.8 Å². The van der Waals surface area contributed by atoms with Gasteiger partial charge in [-0.3, -0.25) is 13.9 Å². The predicted octanol–water partition coefficient (Wildman–Crippen LogP) is 5.22. The Kier molecular flexibility index (Phi) is 9.56. The van der Waals surface area contributed by atoms with Crippen LogP contribution in [0, 0.1) is 13.8 Å². The summed E-state index contributed by atoms with van der Waals surface area (Å²) in [6.07, 6.45) is 0.370. The van der Waals surface area contributed by atoms with Crippen LogP contribution in [-0.4, -0.2) is 43.3 Å². The third-order valence-electron chi connectivity index (χ3n) is 6.25. The minimum atomic E-state index is -4.07. The molecule has 3 aromatic carbocycles. The first kappa shape index (κ1) is 29.9. The van der Waals surface area contributed by atoms with Crippen LogP contribution < -0.4 is 9.62 Å². The zero-order valence-electron chi connectivity index (χ0n) is 23.6. The highest BCUT2D eigenvalue weighted by Crippen LogP contribution is 2.25. The van der Waals surface area contributed by atoms with Crippen molar-refractivity contribution in [3.05, 3.63) is 95.6 Å². The second kappa shape index (κ2) is 12.5. The molecule has 3 rings (SSSR count). The highest BCUT2D eigenvalue weighted by molar-refractivity contribution is 7.92. The van der Waals surface area contributed by atoms with Crippen LogP contribution in [-0.2, 0) is 26.2 Å². The van der Waals surface area contributed by atoms with Gasteiger partial charge in [0.05, 0.1) is 10.6 Å². The zero-order chi connectivity index (χ0) is 28.8. The molecule has 8 heteroatoms. The molecule has 0 aliphatic heterocycles. The summed E-state index contributed by atoms with van der Waals surface area (Å²) in [6.45, 7) is 11.1. The second-order valence-corrected chi connectivity index (χ2v) is 12.7. The molecule has 39 heavy (non-hydrogen) atoms. The van der Waals surface area contributed by atoms with Gasteiger partial charge in [0, 0.05) is 12.1 Å². The fraction of sp³-hybridized carbons (Fsp3) is 0.355. The van der Waals surface area contributed by atoms with Crippen molar-refractivity contribution in [1.82, 2.24) is 10.2 Å². The van der Waals surface area contributed by atoms with Crippen molar-refractivity contribution in [3.63, 3.8) is 0 Å². The van der Waals surface area contributed by atoms with Gasteiger partial charge in [-0.25, -0.2) is 8.42 Å². The van der Waals surface area contributed by atoms with Crippen molar-refractivity contribution in [2.24, 2.45) is 0 Å². The summed E-state index contributed by atoms with van der Waals surface area (Å²) in [7, 11) is -4.07. The molecule has 0 spiro atoms. The lowest BCUT2D eigenvalue weighted by Gasteiger charge is -2.34. The van der Waals surface area contributed by atoms with Gasteiger partial charge in [-0.2, -0.15) is 0 Å². The maximum absolute atomic E-state index is 14.1. The Hall–Kier alpha value is -3.65. The van der Waals surface area contributed by atoms with Crippen molar-refractivity contribution < 1.29 is 18.0 Å². The molecule has 2 amide bonds. The van der Waals surface area contributed by atoms with Crippen molar-refractivity contribution in [1.29, 1.82) is 0 Å². The molecule has 0 bridgehead atoms. The third-order valence-corrected chi connectivity index (χ3v) is 8.04. The molecule has 0 heterocycles. The average molecular weight is 550 g/mol. The number of aryl methyl sites for hydroxylation is 2. The molecule has 0 aliphatic rings. The van der Waals surface area contributed by atoms with E-state index in [9.17, 15) is 18.0 Å². The molecular weight excluding hydrogens is 510 g/mol. The number of hydrogen-bond donors (Lipinski definition) is 1. The summed E-state index contributed by atoms with van der Waals surface area (Å²) in [5.74, 6) is -0.744. The molecule has 1 atom stereocenters. The Bertz CT molecular complexity index is 1380. The lowest BCUT2D eigenvalue weighted by molar-refractivity contribution is -0.141. The van der Waals surface area contributed by atoms with E-state index in [1.165, 1.54) is 17.0 Å². The fourth-order valence-corrected chi connectivity index (χ4v) is 5.77. The molecule has 1 N–H and O–H groups in total. The Labute approximate surface area is 232 Å². The van der Waals surface area contributed by atoms with Crippen LogP contribution in [0.25, 0.3) is 0 Å². The van der Waals surface area contributed by atoms with Crippen molar-refractivity contribution in [3.8, 4) is 0 Å². The van der Waals surface area contributed by atoms with Gasteiger partial charge < -0.3 is 10.2 Å². The molecule has 3 aromatic rings. The second-order valence-electron chi connectivity index (χ2n) is 10.8. The number of benzene rings is 3. The number of rotatable bonds is 10. The van der Waals surface area contributed by atoms with E-state index in [2.05, 4.69) is 5.32 Å². The van der Waals surface area contributed by atoms with E-state index in [1.807, 2.05) is 77.9 Å². The Morgan fingerprint density at radius 3 is 2.08 bits per heavy atom. The molecule has 7 nitrogen and oxygen atoms in total. The summed E-state index contributed by atoms with van der Waals surface area (Å²) in [5.41, 5.74) is 2.74. The van der Waals surface area contributed by atoms with Gasteiger partial charge in [-0.1, -0.05) is 72.6 Å². The minimum Gasteiger partial charge on any atom is -0.350 e. The quantitative estimate of drug-likeness (QED) is 0.376. The molecule has 0 saturated heterocycles. The highest BCUT2D eigenvalue weighted by atomic mass is 32.2. The Balaban J connectivity index is 2.06. The highest BCUT2D eigenvalue weighted by Gasteiger charge is 2.34. The number of nitrogens with one attached hydrogen (secondary N) is 1. The summed E-state index contributed by atoms with van der Waals surface area (Å²) >= 11 is 0. The first-order valence-electron chi connectivity index (χ1n) is 13.1. The number of amides is 2. The smallest absolute Gasteiger partial charge is 0.264 e. The van der Waals surface area contributed by atoms with Crippen molar-refractivity contribution in [2.45, 2.75) is 71.0 Å². The summed E-state index contributed by atoms with van der Waals surface area (Å²) < 4.78 is 28.8. The topological polar surface area (TPSA) is 86.8 Å². The van der Waals surface area contributed by atoms with Gasteiger partial charge in [0.2, 0.25) is 11.8 Å². The van der Waals surface area contributed by atoms with E-state index in [0.717, 1.165) is 21.0 Å². The van der Waals surface area contributed by atoms with E-state index in [0.29, 0.717) is 12.1 Å². The van der Waals surface area contributed by atoms with Crippen LogP contribution >= 0.6 is 0 Å². The number of carbonyl (C=O) groups excluding carboxylic acids is 2. The molecule has 0 radical (unpaired) electrons. The summed E-state index contributed by atoms with van der Waals surface area (Å²) in [6, 6.07) is 22.0. The van der Waals surface area contributed by atoms with Crippen molar-refractivity contribution >= 4 is 27.5 Å². The molecular formula is C31H39N3O4S. The number of hydrogen-bond acceptors (Lipinski definition) is 4. The molecule has 0 saturated carbocycles. The first-order valence-corrected chi connectivity index (χ1v) is 14.6. The molecule has 0 aliphatic carbocycles. The van der Waals surface area contributed by atoms with Gasteiger partial charge in [0.25, 0.3) is 10.0 Å². The number of carbonyl (C=O) groups is 2. The standard InChI is InChI=1S/C31H39N3O4S/c1-7-28(30(36)32-31(4,5)6)33(21-25-13-11-12-24(3)20-25)29(35)22-34(26-18-16-23(2)17-19-26)39(37,38)27-14-9-8-10-15-27/h8-20,28H,7,21-22H2,1-6H3,(H,32,36)/t28-/m0/s1. The van der Waals surface area contributed by atoms with Crippen LogP contribution in [0.4, 0.5) is 5.69 Å². The minimum absolute atomic E-state index is 0.0844. The van der Waals surface area contributed by atoms with Crippen LogP contribution in [0.2, 0.25) is 0 Å². The normalized spacial score (nSPS) is 12.5. The van der Waals surface area contributed by atoms with E-state index in [1.54, 1.807) is 30.3 Å². The lowest BCUT2D eigenvalue weighted by Crippen LogP contribution is -2.55. The molecule has 208 valence electrons. The van der Waals surface area contributed by atoms with Gasteiger partial charge in [-0.05, 0) is 70.9 Å². The van der Waals surface area contributed by atoms with Crippen LogP contribution in [0.3, 0.4) is 0 Å². The molecule has 0 aromatic heterocycles. The van der Waals surface area contributed by atoms with Gasteiger partial charge in [0.1, 0.15) is 12.6 Å². The maximum Gasteiger partial charge on any atom is 0.264 e.